The third-order valence-electron chi connectivity index (χ3n) is 0.599. The molecule has 0 saturated carbocycles. The molecule has 0 aliphatic rings. The van der Waals surface area contributed by atoms with Gasteiger partial charge in [-0.2, -0.15) is 4.39 Å². The van der Waals surface area contributed by atoms with Crippen LogP contribution in [-0.2, 0) is 0 Å². The lowest BCUT2D eigenvalue weighted by molar-refractivity contribution is 0.360. The van der Waals surface area contributed by atoms with E-state index in [1.165, 1.54) is 6.07 Å². The normalized spacial score (nSPS) is 9.43. The minimum Gasteiger partial charge on any atom is -0.359 e. The van der Waals surface area contributed by atoms with E-state index in [0.717, 1.165) is 0 Å². The Morgan fingerprint density at radius 3 is 2.71 bits per heavy atom. The first kappa shape index (κ1) is 4.30. The van der Waals surface area contributed by atoms with Gasteiger partial charge in [0.05, 0.1) is 0 Å². The Morgan fingerprint density at radius 1 is 1.86 bits per heavy atom. The summed E-state index contributed by atoms with van der Waals surface area (Å²) in [5.41, 5.74) is 0. The van der Waals surface area contributed by atoms with E-state index in [-0.39, 0.29) is 0 Å². The average Bonchev–Trinajstić information content (AvgIpc) is 1.87. The van der Waals surface area contributed by atoms with Crippen molar-refractivity contribution < 1.29 is 8.91 Å². The Morgan fingerprint density at radius 2 is 2.57 bits per heavy atom. The van der Waals surface area contributed by atoms with E-state index in [9.17, 15) is 4.39 Å². The third-order valence-corrected chi connectivity index (χ3v) is 0.599. The first-order valence-corrected chi connectivity index (χ1v) is 1.88. The molecule has 0 unspecified atom stereocenters. The zero-order chi connectivity index (χ0) is 5.28. The highest BCUT2D eigenvalue weighted by atomic mass is 19.1. The van der Waals surface area contributed by atoms with Crippen LogP contribution in [0.5, 0.6) is 0 Å². The summed E-state index contributed by atoms with van der Waals surface area (Å²) in [5, 5.41) is 2.97. The van der Waals surface area contributed by atoms with Crippen molar-refractivity contribution >= 4 is 0 Å². The lowest BCUT2D eigenvalue weighted by Gasteiger charge is -1.64. The predicted octanol–water partition coefficient (Wildman–Crippen LogP) is 1.12. The van der Waals surface area contributed by atoms with Crippen LogP contribution in [0.25, 0.3) is 0 Å². The highest BCUT2D eigenvalue weighted by molar-refractivity contribution is 4.90. The molecule has 0 amide bonds. The van der Waals surface area contributed by atoms with Crippen LogP contribution in [-0.4, -0.2) is 5.16 Å². The number of nitrogens with zero attached hydrogens (tertiary/aromatic N) is 1. The summed E-state index contributed by atoms with van der Waals surface area (Å²) in [7, 11) is 0. The minimum absolute atomic E-state index is 0.498. The molecule has 1 rings (SSSR count). The fraction of sp³-hybridized carbons (Fsp3) is 0.250. The number of hydrogen-bond donors (Lipinski definition) is 0. The molecular weight excluding hydrogens is 97.0 g/mol. The summed E-state index contributed by atoms with van der Waals surface area (Å²) in [5.74, 6) is -0.0602. The van der Waals surface area contributed by atoms with Gasteiger partial charge in [-0.15, -0.1) is 0 Å². The average molecular weight is 101 g/mol. The van der Waals surface area contributed by atoms with Gasteiger partial charge in [-0.3, -0.25) is 0 Å². The topological polar surface area (TPSA) is 26.0 Å². The van der Waals surface area contributed by atoms with E-state index in [0.29, 0.717) is 5.76 Å². The zero-order valence-electron chi connectivity index (χ0n) is 3.81. The van der Waals surface area contributed by atoms with Gasteiger partial charge in [-0.05, 0) is 12.1 Å². The molecule has 7 heavy (non-hydrogen) atoms. The van der Waals surface area contributed by atoms with Crippen molar-refractivity contribution in [2.24, 2.45) is 0 Å². The molecule has 0 fully saturated rings. The van der Waals surface area contributed by atoms with Crippen molar-refractivity contribution in [3.63, 3.8) is 0 Å². The molecule has 2 nitrogen and oxygen atoms in total. The molecule has 1 aromatic rings. The van der Waals surface area contributed by atoms with Crippen LogP contribution in [0.2, 0.25) is 0 Å². The van der Waals surface area contributed by atoms with Gasteiger partial charge in [0.25, 0.3) is 5.95 Å². The van der Waals surface area contributed by atoms with E-state index in [4.69, 9.17) is 0 Å². The zero-order valence-corrected chi connectivity index (χ0v) is 3.81. The van der Waals surface area contributed by atoms with E-state index < -0.39 is 5.95 Å². The highest BCUT2D eigenvalue weighted by Crippen LogP contribution is 1.96. The van der Waals surface area contributed by atoms with Gasteiger partial charge in [0, 0.05) is 6.07 Å². The van der Waals surface area contributed by atoms with E-state index in [2.05, 4.69) is 9.68 Å². The minimum atomic E-state index is -0.558. The fourth-order valence-corrected chi connectivity index (χ4v) is 0.336. The van der Waals surface area contributed by atoms with Crippen LogP contribution >= 0.6 is 0 Å². The Balaban J connectivity index is 3.04. The smallest absolute Gasteiger partial charge is 0.253 e. The van der Waals surface area contributed by atoms with Gasteiger partial charge >= 0.3 is 0 Å². The SMILES string of the molecule is Cc1cc(F)no1. The molecule has 0 spiro atoms. The number of aryl methyl sites for hydroxylation is 1. The van der Waals surface area contributed by atoms with Crippen LogP contribution in [0.15, 0.2) is 10.6 Å². The number of hydrogen-bond acceptors (Lipinski definition) is 2. The van der Waals surface area contributed by atoms with Crippen molar-refractivity contribution in [1.82, 2.24) is 5.16 Å². The number of aromatic nitrogens is 1. The molecule has 0 aliphatic carbocycles. The standard InChI is InChI=1S/C4H4FNO/c1-3-2-4(5)6-7-3/h2H,1H3. The second kappa shape index (κ2) is 1.33. The molecule has 0 radical (unpaired) electrons. The van der Waals surface area contributed by atoms with Crippen molar-refractivity contribution in [3.05, 3.63) is 17.8 Å². The Bertz CT molecular complexity index is 144. The maximum atomic E-state index is 11.7. The molecule has 0 aromatic carbocycles. The fourth-order valence-electron chi connectivity index (χ4n) is 0.336. The Labute approximate surface area is 39.9 Å². The van der Waals surface area contributed by atoms with Crippen LogP contribution < -0.4 is 0 Å². The molecule has 0 atom stereocenters. The summed E-state index contributed by atoms with van der Waals surface area (Å²) in [6.07, 6.45) is 0. The molecule has 1 heterocycles. The predicted molar refractivity (Wildman–Crippen MR) is 21.2 cm³/mol. The second-order valence-electron chi connectivity index (χ2n) is 1.26. The van der Waals surface area contributed by atoms with Gasteiger partial charge in [-0.25, -0.2) is 0 Å². The third kappa shape index (κ3) is 0.765. The summed E-state index contributed by atoms with van der Waals surface area (Å²) in [6, 6.07) is 1.22. The molecule has 1 aromatic heterocycles. The maximum Gasteiger partial charge on any atom is 0.253 e. The van der Waals surface area contributed by atoms with Crippen molar-refractivity contribution in [2.45, 2.75) is 6.92 Å². The largest absolute Gasteiger partial charge is 0.359 e. The molecule has 38 valence electrons. The first-order valence-electron chi connectivity index (χ1n) is 1.88. The number of rotatable bonds is 0. The van der Waals surface area contributed by atoms with Crippen LogP contribution in [0.3, 0.4) is 0 Å². The Kier molecular flexibility index (Phi) is 0.817. The number of halogens is 1. The second-order valence-corrected chi connectivity index (χ2v) is 1.26. The maximum absolute atomic E-state index is 11.7. The van der Waals surface area contributed by atoms with Crippen LogP contribution in [0.1, 0.15) is 5.76 Å². The summed E-state index contributed by atoms with van der Waals surface area (Å²) in [6.45, 7) is 1.64. The van der Waals surface area contributed by atoms with Crippen molar-refractivity contribution in [3.8, 4) is 0 Å². The van der Waals surface area contributed by atoms with E-state index in [1.54, 1.807) is 6.92 Å². The van der Waals surface area contributed by atoms with Gasteiger partial charge in [0.2, 0.25) is 0 Å². The summed E-state index contributed by atoms with van der Waals surface area (Å²) >= 11 is 0. The van der Waals surface area contributed by atoms with Gasteiger partial charge in [-0.1, -0.05) is 0 Å². The van der Waals surface area contributed by atoms with Crippen molar-refractivity contribution in [1.29, 1.82) is 0 Å². The van der Waals surface area contributed by atoms with Crippen molar-refractivity contribution in [2.75, 3.05) is 0 Å². The molecule has 0 saturated heterocycles. The van der Waals surface area contributed by atoms with E-state index >= 15 is 0 Å². The van der Waals surface area contributed by atoms with Gasteiger partial charge < -0.3 is 4.52 Å². The molecule has 0 aliphatic heterocycles. The van der Waals surface area contributed by atoms with Crippen LogP contribution in [0, 0.1) is 12.9 Å². The molecule has 3 heteroatoms. The van der Waals surface area contributed by atoms with Gasteiger partial charge in [0.15, 0.2) is 0 Å². The quantitative estimate of drug-likeness (QED) is 0.489. The lowest BCUT2D eigenvalue weighted by atomic mass is 10.5. The highest BCUT2D eigenvalue weighted by Gasteiger charge is 1.92. The summed E-state index contributed by atoms with van der Waals surface area (Å²) in [4.78, 5) is 0. The molecule has 0 N–H and O–H groups in total. The molecule has 0 bridgehead atoms. The lowest BCUT2D eigenvalue weighted by Crippen LogP contribution is -1.61. The molecular formula is C4H4FNO. The Hall–Kier alpha value is -0.860. The van der Waals surface area contributed by atoms with Crippen LogP contribution in [0.4, 0.5) is 4.39 Å². The van der Waals surface area contributed by atoms with Gasteiger partial charge in [0.1, 0.15) is 5.76 Å². The monoisotopic (exact) mass is 101 g/mol. The first-order chi connectivity index (χ1) is 3.29. The summed E-state index contributed by atoms with van der Waals surface area (Å²) < 4.78 is 16.1. The van der Waals surface area contributed by atoms with E-state index in [1.807, 2.05) is 0 Å².